The van der Waals surface area contributed by atoms with Gasteiger partial charge in [-0.15, -0.1) is 0 Å². The Morgan fingerprint density at radius 3 is 2.39 bits per heavy atom. The summed E-state index contributed by atoms with van der Waals surface area (Å²) in [5.41, 5.74) is 4.73. The van der Waals surface area contributed by atoms with Gasteiger partial charge < -0.3 is 19.1 Å². The summed E-state index contributed by atoms with van der Waals surface area (Å²) in [5, 5.41) is 0.432. The number of carbonyl (C=O) groups excluding carboxylic acids is 2. The fraction of sp³-hybridized carbons (Fsp3) is 0.611. The van der Waals surface area contributed by atoms with E-state index >= 15 is 0 Å². The van der Waals surface area contributed by atoms with Crippen molar-refractivity contribution in [1.29, 1.82) is 0 Å². The Hall–Kier alpha value is -3.01. The second-order valence-corrected chi connectivity index (χ2v) is 16.3. The Morgan fingerprint density at radius 2 is 1.76 bits per heavy atom. The number of hydrogen-bond donors (Lipinski definition) is 0. The number of amides is 2. The Bertz CT molecular complexity index is 1730. The van der Waals surface area contributed by atoms with E-state index in [-0.39, 0.29) is 23.9 Å². The molecule has 10 heteroatoms. The average Bonchev–Trinajstić information content (AvgIpc) is 3.65. The Balaban J connectivity index is 1.12. The smallest absolute Gasteiger partial charge is 0.238 e. The van der Waals surface area contributed by atoms with Crippen molar-refractivity contribution < 1.29 is 14.3 Å². The lowest BCUT2D eigenvalue weighted by Gasteiger charge is -2.47. The molecule has 0 atom stereocenters. The zero-order valence-corrected chi connectivity index (χ0v) is 28.4. The van der Waals surface area contributed by atoms with Crippen LogP contribution in [-0.4, -0.2) is 87.6 Å². The van der Waals surface area contributed by atoms with Gasteiger partial charge in [0.25, 0.3) is 0 Å². The predicted octanol–water partition coefficient (Wildman–Crippen LogP) is 5.84. The second-order valence-electron chi connectivity index (χ2n) is 15.9. The summed E-state index contributed by atoms with van der Waals surface area (Å²) in [4.78, 5) is 44.3. The van der Waals surface area contributed by atoms with Crippen molar-refractivity contribution in [1.82, 2.24) is 24.3 Å². The number of benzene rings is 1. The van der Waals surface area contributed by atoms with E-state index in [1.807, 2.05) is 28.8 Å². The van der Waals surface area contributed by atoms with Gasteiger partial charge in [0.15, 0.2) is 5.15 Å². The first kappa shape index (κ1) is 30.3. The minimum Gasteiger partial charge on any atom is -0.379 e. The monoisotopic (exact) mass is 644 g/mol. The number of aromatic nitrogens is 3. The molecule has 4 fully saturated rings. The number of carbonyl (C=O) groups is 2. The van der Waals surface area contributed by atoms with Crippen LogP contribution in [0.1, 0.15) is 78.3 Å². The molecule has 46 heavy (non-hydrogen) atoms. The van der Waals surface area contributed by atoms with E-state index in [9.17, 15) is 9.59 Å². The second kappa shape index (κ2) is 10.5. The Labute approximate surface area is 276 Å². The van der Waals surface area contributed by atoms with Crippen molar-refractivity contribution in [2.45, 2.75) is 90.3 Å². The van der Waals surface area contributed by atoms with E-state index in [1.165, 1.54) is 6.42 Å². The average molecular weight is 645 g/mol. The summed E-state index contributed by atoms with van der Waals surface area (Å²) < 4.78 is 7.43. The van der Waals surface area contributed by atoms with Crippen LogP contribution in [0.3, 0.4) is 0 Å². The number of hydrogen-bond acceptors (Lipinski definition) is 6. The van der Waals surface area contributed by atoms with Crippen LogP contribution < -0.4 is 4.90 Å². The van der Waals surface area contributed by atoms with Crippen molar-refractivity contribution in [3.05, 3.63) is 41.3 Å². The normalized spacial score (nSPS) is 26.5. The third kappa shape index (κ3) is 4.55. The molecule has 4 aliphatic heterocycles. The SMILES string of the molecule is CC(C)n1cnc2cc(-c3ccc4c(c3)N(C3CC(N5CCC(C)(C)C5)C3)C(=O)C43CCN(C(=O)C4(C)COC4)CC3)nc(Cl)c21. The molecule has 0 bridgehead atoms. The molecule has 5 aliphatic rings. The van der Waals surface area contributed by atoms with Gasteiger partial charge in [0.05, 0.1) is 41.6 Å². The topological polar surface area (TPSA) is 83.8 Å². The number of rotatable bonds is 5. The standard InChI is InChI=1S/C36H45ClN6O3/c1-22(2)42-21-38-28-17-27(39-31(37)30(28)42)23-6-7-26-29(14-23)43(25-15-24(16-25)41-11-8-34(3,4)18-41)33(45)36(26)9-12-40(13-10-36)32(44)35(5)19-46-20-35/h6-7,14,17,21-22,24-25H,8-13,15-16,18-20H2,1-5H3. The predicted molar refractivity (Wildman–Crippen MR) is 179 cm³/mol. The highest BCUT2D eigenvalue weighted by molar-refractivity contribution is 6.34. The summed E-state index contributed by atoms with van der Waals surface area (Å²) in [6.45, 7) is 15.3. The molecule has 8 rings (SSSR count). The number of nitrogens with zero attached hydrogens (tertiary/aromatic N) is 6. The van der Waals surface area contributed by atoms with Crippen molar-refractivity contribution in [3.8, 4) is 11.3 Å². The van der Waals surface area contributed by atoms with Crippen LogP contribution in [-0.2, 0) is 19.7 Å². The molecule has 0 N–H and O–H groups in total. The molecular weight excluding hydrogens is 600 g/mol. The molecule has 1 saturated carbocycles. The molecule has 3 aromatic rings. The minimum absolute atomic E-state index is 0.153. The van der Waals surface area contributed by atoms with Gasteiger partial charge in [0, 0.05) is 49.0 Å². The third-order valence-corrected chi connectivity index (χ3v) is 12.0. The number of anilines is 1. The highest BCUT2D eigenvalue weighted by Crippen LogP contribution is 2.52. The fourth-order valence-corrected chi connectivity index (χ4v) is 8.97. The van der Waals surface area contributed by atoms with E-state index in [1.54, 1.807) is 0 Å². The lowest BCUT2D eigenvalue weighted by molar-refractivity contribution is -0.170. The summed E-state index contributed by atoms with van der Waals surface area (Å²) >= 11 is 6.77. The van der Waals surface area contributed by atoms with Crippen LogP contribution in [0.25, 0.3) is 22.3 Å². The van der Waals surface area contributed by atoms with Crippen molar-refractivity contribution >= 4 is 40.1 Å². The quantitative estimate of drug-likeness (QED) is 0.325. The number of pyridine rings is 1. The van der Waals surface area contributed by atoms with Crippen LogP contribution in [0.15, 0.2) is 30.6 Å². The zero-order valence-electron chi connectivity index (χ0n) is 27.7. The minimum atomic E-state index is -0.618. The van der Waals surface area contributed by atoms with E-state index in [0.717, 1.165) is 59.5 Å². The summed E-state index contributed by atoms with van der Waals surface area (Å²) in [6, 6.07) is 9.29. The van der Waals surface area contributed by atoms with Crippen molar-refractivity contribution in [3.63, 3.8) is 0 Å². The molecule has 1 aliphatic carbocycles. The third-order valence-electron chi connectivity index (χ3n) is 11.7. The molecule has 0 unspecified atom stereocenters. The van der Waals surface area contributed by atoms with Gasteiger partial charge in [-0.05, 0) is 82.5 Å². The lowest BCUT2D eigenvalue weighted by Crippen LogP contribution is -2.59. The number of imidazole rings is 1. The van der Waals surface area contributed by atoms with Crippen LogP contribution >= 0.6 is 11.6 Å². The van der Waals surface area contributed by atoms with Crippen molar-refractivity contribution in [2.24, 2.45) is 10.8 Å². The van der Waals surface area contributed by atoms with Gasteiger partial charge in [0.2, 0.25) is 11.8 Å². The number of likely N-dealkylation sites (tertiary alicyclic amines) is 2. The van der Waals surface area contributed by atoms with Gasteiger partial charge in [0.1, 0.15) is 5.52 Å². The molecule has 3 saturated heterocycles. The van der Waals surface area contributed by atoms with Crippen LogP contribution in [0.4, 0.5) is 5.69 Å². The number of halogens is 1. The Morgan fingerprint density at radius 1 is 1.02 bits per heavy atom. The molecule has 6 heterocycles. The largest absolute Gasteiger partial charge is 0.379 e. The first-order valence-corrected chi connectivity index (χ1v) is 17.4. The van der Waals surface area contributed by atoms with Gasteiger partial charge >= 0.3 is 0 Å². The highest BCUT2D eigenvalue weighted by atomic mass is 35.5. The van der Waals surface area contributed by atoms with Gasteiger partial charge in [-0.1, -0.05) is 37.6 Å². The van der Waals surface area contributed by atoms with Gasteiger partial charge in [-0.25, -0.2) is 9.97 Å². The molecule has 1 aromatic carbocycles. The molecule has 0 radical (unpaired) electrons. The summed E-state index contributed by atoms with van der Waals surface area (Å²) in [7, 11) is 0. The van der Waals surface area contributed by atoms with Crippen molar-refractivity contribution in [2.75, 3.05) is 44.3 Å². The van der Waals surface area contributed by atoms with Gasteiger partial charge in [-0.3, -0.25) is 14.5 Å². The van der Waals surface area contributed by atoms with E-state index in [2.05, 4.69) is 60.7 Å². The number of fused-ring (bicyclic) bond motifs is 3. The summed E-state index contributed by atoms with van der Waals surface area (Å²) in [6.07, 6.45) is 6.30. The molecule has 244 valence electrons. The molecule has 2 amide bonds. The summed E-state index contributed by atoms with van der Waals surface area (Å²) in [5.74, 6) is 0.354. The maximum atomic E-state index is 14.7. The number of ether oxygens (including phenoxy) is 1. The lowest BCUT2D eigenvalue weighted by atomic mass is 9.72. The zero-order chi connectivity index (χ0) is 32.2. The van der Waals surface area contributed by atoms with Gasteiger partial charge in [-0.2, -0.15) is 0 Å². The van der Waals surface area contributed by atoms with E-state index in [0.29, 0.717) is 55.8 Å². The van der Waals surface area contributed by atoms with E-state index < -0.39 is 10.8 Å². The van der Waals surface area contributed by atoms with Crippen LogP contribution in [0.5, 0.6) is 0 Å². The Kier molecular flexibility index (Phi) is 6.92. The van der Waals surface area contributed by atoms with Crippen LogP contribution in [0, 0.1) is 10.8 Å². The molecule has 1 spiro atoms. The molecule has 9 nitrogen and oxygen atoms in total. The maximum Gasteiger partial charge on any atom is 0.238 e. The first-order valence-electron chi connectivity index (χ1n) is 17.0. The number of piperidine rings is 1. The maximum absolute atomic E-state index is 14.7. The van der Waals surface area contributed by atoms with E-state index in [4.69, 9.17) is 21.3 Å². The highest BCUT2D eigenvalue weighted by Gasteiger charge is 2.57. The molecular formula is C36H45ClN6O3. The molecule has 2 aromatic heterocycles. The fourth-order valence-electron chi connectivity index (χ4n) is 8.69. The van der Waals surface area contributed by atoms with Crippen LogP contribution in [0.2, 0.25) is 5.15 Å². The first-order chi connectivity index (χ1) is 21.9.